The zero-order valence-corrected chi connectivity index (χ0v) is 13.7. The minimum atomic E-state index is 0.207. The molecule has 116 valence electrons. The van der Waals surface area contributed by atoms with E-state index in [0.717, 1.165) is 38.1 Å². The van der Waals surface area contributed by atoms with Crippen LogP contribution in [-0.4, -0.2) is 35.1 Å². The summed E-state index contributed by atoms with van der Waals surface area (Å²) in [6.07, 6.45) is 5.50. The van der Waals surface area contributed by atoms with Gasteiger partial charge in [0.05, 0.1) is 17.8 Å². The highest BCUT2D eigenvalue weighted by Gasteiger charge is 2.18. The summed E-state index contributed by atoms with van der Waals surface area (Å²) in [6.45, 7) is 12.5. The van der Waals surface area contributed by atoms with Crippen molar-refractivity contribution in [2.45, 2.75) is 72.1 Å². The van der Waals surface area contributed by atoms with Crippen molar-refractivity contribution >= 4 is 0 Å². The Labute approximate surface area is 123 Å². The maximum absolute atomic E-state index is 5.73. The topological polar surface area (TPSA) is 39.1 Å². The molecule has 1 aromatic heterocycles. The molecule has 0 radical (unpaired) electrons. The van der Waals surface area contributed by atoms with Gasteiger partial charge in [-0.05, 0) is 39.3 Å². The zero-order valence-electron chi connectivity index (χ0n) is 13.7. The maximum atomic E-state index is 5.73. The lowest BCUT2D eigenvalue weighted by molar-refractivity contribution is 0.0477. The van der Waals surface area contributed by atoms with E-state index in [1.807, 2.05) is 6.92 Å². The first kappa shape index (κ1) is 17.2. The summed E-state index contributed by atoms with van der Waals surface area (Å²) in [5.74, 6) is 0. The first-order valence-electron chi connectivity index (χ1n) is 8.05. The summed E-state index contributed by atoms with van der Waals surface area (Å²) in [4.78, 5) is 0. The number of nitrogens with one attached hydrogen (secondary N) is 1. The number of rotatable bonds is 10. The first-order valence-corrected chi connectivity index (χ1v) is 8.05. The lowest BCUT2D eigenvalue weighted by atomic mass is 10.1. The highest BCUT2D eigenvalue weighted by molar-refractivity contribution is 5.03. The molecule has 0 fully saturated rings. The molecule has 1 N–H and O–H groups in total. The molecule has 0 saturated heterocycles. The van der Waals surface area contributed by atoms with E-state index in [4.69, 9.17) is 9.84 Å². The molecule has 4 nitrogen and oxygen atoms in total. The fourth-order valence-corrected chi connectivity index (χ4v) is 2.62. The van der Waals surface area contributed by atoms with Gasteiger partial charge in [0.2, 0.25) is 0 Å². The van der Waals surface area contributed by atoms with Crippen molar-refractivity contribution < 1.29 is 4.74 Å². The van der Waals surface area contributed by atoms with E-state index in [9.17, 15) is 0 Å². The van der Waals surface area contributed by atoms with E-state index in [-0.39, 0.29) is 6.10 Å². The fourth-order valence-electron chi connectivity index (χ4n) is 2.62. The molecule has 2 atom stereocenters. The van der Waals surface area contributed by atoms with E-state index in [1.165, 1.54) is 0 Å². The van der Waals surface area contributed by atoms with E-state index >= 15 is 0 Å². The molecule has 0 aliphatic rings. The highest BCUT2D eigenvalue weighted by atomic mass is 16.5. The van der Waals surface area contributed by atoms with Crippen LogP contribution in [0.1, 0.15) is 59.2 Å². The van der Waals surface area contributed by atoms with Gasteiger partial charge < -0.3 is 10.1 Å². The number of nitrogens with zero attached hydrogens (tertiary/aromatic N) is 2. The first-order chi connectivity index (χ1) is 9.65. The zero-order chi connectivity index (χ0) is 15.0. The van der Waals surface area contributed by atoms with Gasteiger partial charge in [0.1, 0.15) is 0 Å². The predicted molar refractivity (Wildman–Crippen MR) is 84.1 cm³/mol. The molecule has 0 spiro atoms. The van der Waals surface area contributed by atoms with Crippen LogP contribution in [0, 0.1) is 0 Å². The number of hydrogen-bond acceptors (Lipinski definition) is 3. The number of aromatic nitrogens is 2. The second-order valence-electron chi connectivity index (χ2n) is 5.29. The van der Waals surface area contributed by atoms with Crippen LogP contribution >= 0.6 is 0 Å². The Kier molecular flexibility index (Phi) is 7.85. The molecule has 0 saturated carbocycles. The van der Waals surface area contributed by atoms with Crippen LogP contribution in [0.2, 0.25) is 0 Å². The third kappa shape index (κ3) is 4.91. The molecular formula is C16H31N3O. The fraction of sp³-hybridized carbons (Fsp3) is 0.812. The summed E-state index contributed by atoms with van der Waals surface area (Å²) in [6, 6.07) is 2.98. The van der Waals surface area contributed by atoms with E-state index in [1.54, 1.807) is 0 Å². The summed E-state index contributed by atoms with van der Waals surface area (Å²) < 4.78 is 7.84. The average molecular weight is 281 g/mol. The van der Waals surface area contributed by atoms with Crippen LogP contribution in [0.15, 0.2) is 12.3 Å². The van der Waals surface area contributed by atoms with Crippen LogP contribution < -0.4 is 5.32 Å². The number of ether oxygens (including phenoxy) is 1. The van der Waals surface area contributed by atoms with Crippen molar-refractivity contribution in [1.29, 1.82) is 0 Å². The van der Waals surface area contributed by atoms with Crippen LogP contribution in [0.3, 0.4) is 0 Å². The van der Waals surface area contributed by atoms with Crippen LogP contribution in [0.25, 0.3) is 0 Å². The van der Waals surface area contributed by atoms with E-state index in [0.29, 0.717) is 12.1 Å². The normalized spacial score (nSPS) is 14.7. The van der Waals surface area contributed by atoms with E-state index in [2.05, 4.69) is 50.0 Å². The standard InChI is InChI=1S/C16H31N3O/c1-6-15(7-2)19-11-10-14(18-19)12-16(17-8-3)13(5)20-9-4/h10-11,13,15-17H,6-9,12H2,1-5H3. The second kappa shape index (κ2) is 9.14. The lowest BCUT2D eigenvalue weighted by Crippen LogP contribution is -2.41. The van der Waals surface area contributed by atoms with Gasteiger partial charge in [-0.15, -0.1) is 0 Å². The summed E-state index contributed by atoms with van der Waals surface area (Å²) in [5.41, 5.74) is 1.15. The summed E-state index contributed by atoms with van der Waals surface area (Å²) in [5, 5.41) is 8.25. The van der Waals surface area contributed by atoms with Crippen LogP contribution in [0.4, 0.5) is 0 Å². The van der Waals surface area contributed by atoms with Crippen LogP contribution in [0.5, 0.6) is 0 Å². The molecule has 1 heterocycles. The van der Waals surface area contributed by atoms with Crippen molar-refractivity contribution in [3.63, 3.8) is 0 Å². The lowest BCUT2D eigenvalue weighted by Gasteiger charge is -2.24. The molecule has 2 unspecified atom stereocenters. The number of likely N-dealkylation sites (N-methyl/N-ethyl adjacent to an activating group) is 1. The third-order valence-electron chi connectivity index (χ3n) is 3.87. The largest absolute Gasteiger partial charge is 0.377 e. The van der Waals surface area contributed by atoms with Gasteiger partial charge >= 0.3 is 0 Å². The SMILES string of the molecule is CCNC(Cc1ccn(C(CC)CC)n1)C(C)OCC. The summed E-state index contributed by atoms with van der Waals surface area (Å²) >= 11 is 0. The molecule has 0 aliphatic heterocycles. The highest BCUT2D eigenvalue weighted by Crippen LogP contribution is 2.15. The van der Waals surface area contributed by atoms with Gasteiger partial charge in [-0.3, -0.25) is 4.68 Å². The molecule has 0 bridgehead atoms. The van der Waals surface area contributed by atoms with Crippen molar-refractivity contribution in [2.75, 3.05) is 13.2 Å². The molecule has 0 aliphatic carbocycles. The van der Waals surface area contributed by atoms with E-state index < -0.39 is 0 Å². The predicted octanol–water partition coefficient (Wildman–Crippen LogP) is 3.19. The van der Waals surface area contributed by atoms with Gasteiger partial charge in [0.25, 0.3) is 0 Å². The number of hydrogen-bond donors (Lipinski definition) is 1. The van der Waals surface area contributed by atoms with Gasteiger partial charge in [0.15, 0.2) is 0 Å². The van der Waals surface area contributed by atoms with Crippen molar-refractivity contribution in [3.8, 4) is 0 Å². The average Bonchev–Trinajstić information content (AvgIpc) is 2.88. The van der Waals surface area contributed by atoms with Gasteiger partial charge in [-0.2, -0.15) is 5.10 Å². The Morgan fingerprint density at radius 2 is 1.95 bits per heavy atom. The smallest absolute Gasteiger partial charge is 0.0703 e. The van der Waals surface area contributed by atoms with Gasteiger partial charge in [-0.25, -0.2) is 0 Å². The Morgan fingerprint density at radius 1 is 1.25 bits per heavy atom. The monoisotopic (exact) mass is 281 g/mol. The van der Waals surface area contributed by atoms with Crippen molar-refractivity contribution in [2.24, 2.45) is 0 Å². The Hall–Kier alpha value is -0.870. The Balaban J connectivity index is 2.68. The Bertz CT molecular complexity index is 360. The molecule has 4 heteroatoms. The van der Waals surface area contributed by atoms with Gasteiger partial charge in [-0.1, -0.05) is 20.8 Å². The molecular weight excluding hydrogens is 250 g/mol. The van der Waals surface area contributed by atoms with Crippen molar-refractivity contribution in [3.05, 3.63) is 18.0 Å². The third-order valence-corrected chi connectivity index (χ3v) is 3.87. The molecule has 20 heavy (non-hydrogen) atoms. The molecule has 1 aromatic rings. The minimum Gasteiger partial charge on any atom is -0.377 e. The van der Waals surface area contributed by atoms with Crippen LogP contribution in [-0.2, 0) is 11.2 Å². The molecule has 0 aromatic carbocycles. The summed E-state index contributed by atoms with van der Waals surface area (Å²) in [7, 11) is 0. The quantitative estimate of drug-likeness (QED) is 0.716. The van der Waals surface area contributed by atoms with Crippen molar-refractivity contribution in [1.82, 2.24) is 15.1 Å². The maximum Gasteiger partial charge on any atom is 0.0703 e. The molecule has 1 rings (SSSR count). The second-order valence-corrected chi connectivity index (χ2v) is 5.29. The van der Waals surface area contributed by atoms with Gasteiger partial charge in [0, 0.05) is 25.3 Å². The minimum absolute atomic E-state index is 0.207. The molecule has 0 amide bonds. The Morgan fingerprint density at radius 3 is 2.50 bits per heavy atom.